The standard InChI is InChI=1S/C24H27N7/c1-15-2-5-17(6-3-15)31-21-14-26-10-8-18(21)19-13-27-24(30-23(19)31)29-22-7-4-16-12-25-11-9-20(16)28-22/h4,7-8,10,13-15,17,25H,2-3,5-6,9,11-12H2,1H3,(H,27,28,29,30). The smallest absolute Gasteiger partial charge is 0.230 e. The maximum absolute atomic E-state index is 4.97. The lowest BCUT2D eigenvalue weighted by molar-refractivity contribution is 0.298. The van der Waals surface area contributed by atoms with Gasteiger partial charge in [-0.3, -0.25) is 4.98 Å². The Kier molecular flexibility index (Phi) is 4.56. The molecule has 7 heteroatoms. The molecule has 0 bridgehead atoms. The summed E-state index contributed by atoms with van der Waals surface area (Å²) in [5.41, 5.74) is 4.57. The average Bonchev–Trinajstić information content (AvgIpc) is 3.13. The van der Waals surface area contributed by atoms with Crippen molar-refractivity contribution in [3.8, 4) is 0 Å². The van der Waals surface area contributed by atoms with E-state index in [1.807, 2.05) is 24.7 Å². The summed E-state index contributed by atoms with van der Waals surface area (Å²) in [6.07, 6.45) is 11.6. The monoisotopic (exact) mass is 413 g/mol. The zero-order valence-electron chi connectivity index (χ0n) is 17.8. The van der Waals surface area contributed by atoms with Gasteiger partial charge in [0, 0.05) is 54.4 Å². The minimum atomic E-state index is 0.456. The van der Waals surface area contributed by atoms with Crippen LogP contribution in [0.4, 0.5) is 11.8 Å². The Bertz CT molecular complexity index is 1250. The molecule has 0 unspecified atom stereocenters. The van der Waals surface area contributed by atoms with E-state index < -0.39 is 0 Å². The van der Waals surface area contributed by atoms with E-state index in [9.17, 15) is 0 Å². The first-order chi connectivity index (χ1) is 15.3. The van der Waals surface area contributed by atoms with E-state index in [0.29, 0.717) is 12.0 Å². The average molecular weight is 414 g/mol. The van der Waals surface area contributed by atoms with Crippen LogP contribution in [0.2, 0.25) is 0 Å². The molecule has 0 spiro atoms. The van der Waals surface area contributed by atoms with E-state index in [-0.39, 0.29) is 0 Å². The van der Waals surface area contributed by atoms with E-state index in [1.54, 1.807) is 0 Å². The third kappa shape index (κ3) is 3.33. The molecule has 1 aliphatic carbocycles. The van der Waals surface area contributed by atoms with Gasteiger partial charge in [0.1, 0.15) is 11.5 Å². The summed E-state index contributed by atoms with van der Waals surface area (Å²) < 4.78 is 2.41. The molecule has 0 atom stereocenters. The molecule has 4 aromatic rings. The second kappa shape index (κ2) is 7.57. The fourth-order valence-corrected chi connectivity index (χ4v) is 5.12. The number of hydrogen-bond acceptors (Lipinski definition) is 6. The third-order valence-electron chi connectivity index (χ3n) is 6.86. The Hall–Kier alpha value is -3.06. The van der Waals surface area contributed by atoms with Gasteiger partial charge in [-0.2, -0.15) is 4.98 Å². The summed E-state index contributed by atoms with van der Waals surface area (Å²) >= 11 is 0. The van der Waals surface area contributed by atoms with Crippen LogP contribution in [0.1, 0.15) is 49.9 Å². The molecule has 31 heavy (non-hydrogen) atoms. The number of hydrogen-bond donors (Lipinski definition) is 2. The van der Waals surface area contributed by atoms with Gasteiger partial charge in [-0.05, 0) is 49.3 Å². The molecular formula is C24H27N7. The second-order valence-corrected chi connectivity index (χ2v) is 8.96. The molecule has 0 saturated heterocycles. The van der Waals surface area contributed by atoms with Crippen molar-refractivity contribution in [3.05, 3.63) is 48.0 Å². The van der Waals surface area contributed by atoms with Gasteiger partial charge in [0.05, 0.1) is 11.7 Å². The molecule has 6 rings (SSSR count). The molecule has 7 nitrogen and oxygen atoms in total. The lowest BCUT2D eigenvalue weighted by Crippen LogP contribution is -2.24. The first-order valence-electron chi connectivity index (χ1n) is 11.3. The van der Waals surface area contributed by atoms with Gasteiger partial charge >= 0.3 is 0 Å². The molecule has 0 aromatic carbocycles. The Morgan fingerprint density at radius 1 is 1.03 bits per heavy atom. The highest BCUT2D eigenvalue weighted by Gasteiger charge is 2.24. The van der Waals surface area contributed by atoms with E-state index in [2.05, 4.69) is 44.2 Å². The number of aromatic nitrogens is 5. The predicted molar refractivity (Wildman–Crippen MR) is 122 cm³/mol. The summed E-state index contributed by atoms with van der Waals surface area (Å²) in [4.78, 5) is 18.8. The molecule has 1 aliphatic heterocycles. The Balaban J connectivity index is 1.41. The van der Waals surface area contributed by atoms with Crippen LogP contribution < -0.4 is 10.6 Å². The Labute approximate surface area is 181 Å². The van der Waals surface area contributed by atoms with E-state index in [0.717, 1.165) is 53.5 Å². The highest BCUT2D eigenvalue weighted by atomic mass is 15.2. The zero-order chi connectivity index (χ0) is 20.8. The number of nitrogens with one attached hydrogen (secondary N) is 2. The van der Waals surface area contributed by atoms with E-state index >= 15 is 0 Å². The summed E-state index contributed by atoms with van der Waals surface area (Å²) in [7, 11) is 0. The maximum atomic E-state index is 4.97. The van der Waals surface area contributed by atoms with Crippen LogP contribution in [0, 0.1) is 5.92 Å². The summed E-state index contributed by atoms with van der Waals surface area (Å²) in [6.45, 7) is 4.22. The number of rotatable bonds is 3. The second-order valence-electron chi connectivity index (χ2n) is 8.96. The van der Waals surface area contributed by atoms with Gasteiger partial charge in [-0.1, -0.05) is 13.0 Å². The fourth-order valence-electron chi connectivity index (χ4n) is 5.12. The summed E-state index contributed by atoms with van der Waals surface area (Å²) in [5.74, 6) is 2.20. The Morgan fingerprint density at radius 2 is 1.94 bits per heavy atom. The van der Waals surface area contributed by atoms with Crippen LogP contribution in [0.3, 0.4) is 0 Å². The van der Waals surface area contributed by atoms with Gasteiger partial charge in [-0.25, -0.2) is 9.97 Å². The van der Waals surface area contributed by atoms with Gasteiger partial charge < -0.3 is 15.2 Å². The highest BCUT2D eigenvalue weighted by Crippen LogP contribution is 2.38. The van der Waals surface area contributed by atoms with Crippen LogP contribution in [0.5, 0.6) is 0 Å². The molecule has 2 N–H and O–H groups in total. The lowest BCUT2D eigenvalue weighted by atomic mass is 9.87. The normalized spacial score (nSPS) is 21.3. The van der Waals surface area contributed by atoms with Gasteiger partial charge in [0.15, 0.2) is 0 Å². The molecule has 4 aromatic heterocycles. The van der Waals surface area contributed by atoms with Crippen molar-refractivity contribution in [2.75, 3.05) is 11.9 Å². The molecule has 0 radical (unpaired) electrons. The van der Waals surface area contributed by atoms with E-state index in [1.165, 1.54) is 36.6 Å². The number of pyridine rings is 2. The van der Waals surface area contributed by atoms with Crippen LogP contribution in [0.25, 0.3) is 21.9 Å². The van der Waals surface area contributed by atoms with Crippen molar-refractivity contribution in [1.82, 2.24) is 29.8 Å². The van der Waals surface area contributed by atoms with Crippen molar-refractivity contribution in [2.24, 2.45) is 5.92 Å². The zero-order valence-corrected chi connectivity index (χ0v) is 17.8. The SMILES string of the molecule is CC1CCC(n2c3cnccc3c3cnc(Nc4ccc5c(n4)CCNC5)nc32)CC1. The molecular weight excluding hydrogens is 386 g/mol. The molecule has 1 fully saturated rings. The quantitative estimate of drug-likeness (QED) is 0.514. The third-order valence-corrected chi connectivity index (χ3v) is 6.86. The van der Waals surface area contributed by atoms with Gasteiger partial charge in [-0.15, -0.1) is 0 Å². The minimum absolute atomic E-state index is 0.456. The van der Waals surface area contributed by atoms with Crippen molar-refractivity contribution in [2.45, 2.75) is 51.6 Å². The first-order valence-corrected chi connectivity index (χ1v) is 11.3. The minimum Gasteiger partial charge on any atom is -0.321 e. The molecule has 0 amide bonds. The van der Waals surface area contributed by atoms with Crippen LogP contribution in [0.15, 0.2) is 36.8 Å². The molecule has 5 heterocycles. The van der Waals surface area contributed by atoms with E-state index in [4.69, 9.17) is 9.97 Å². The number of anilines is 2. The maximum Gasteiger partial charge on any atom is 0.230 e. The van der Waals surface area contributed by atoms with Crippen LogP contribution in [-0.2, 0) is 13.0 Å². The van der Waals surface area contributed by atoms with Crippen molar-refractivity contribution >= 4 is 33.7 Å². The largest absolute Gasteiger partial charge is 0.321 e. The fraction of sp³-hybridized carbons (Fsp3) is 0.417. The number of fused-ring (bicyclic) bond motifs is 4. The van der Waals surface area contributed by atoms with Gasteiger partial charge in [0.25, 0.3) is 0 Å². The first kappa shape index (κ1) is 18.7. The lowest BCUT2D eigenvalue weighted by Gasteiger charge is -2.28. The van der Waals surface area contributed by atoms with Gasteiger partial charge in [0.2, 0.25) is 5.95 Å². The van der Waals surface area contributed by atoms with Crippen molar-refractivity contribution in [1.29, 1.82) is 0 Å². The topological polar surface area (TPSA) is 80.5 Å². The molecule has 1 saturated carbocycles. The highest BCUT2D eigenvalue weighted by molar-refractivity contribution is 6.06. The Morgan fingerprint density at radius 3 is 2.84 bits per heavy atom. The predicted octanol–water partition coefficient (Wildman–Crippen LogP) is 4.52. The van der Waals surface area contributed by atoms with Crippen molar-refractivity contribution < 1.29 is 0 Å². The number of nitrogens with zero attached hydrogens (tertiary/aromatic N) is 5. The van der Waals surface area contributed by atoms with Crippen molar-refractivity contribution in [3.63, 3.8) is 0 Å². The molecule has 158 valence electrons. The molecule has 2 aliphatic rings. The van der Waals surface area contributed by atoms with Crippen LogP contribution in [-0.4, -0.2) is 31.0 Å². The van der Waals surface area contributed by atoms with Crippen LogP contribution >= 0.6 is 0 Å². The summed E-state index contributed by atoms with van der Waals surface area (Å²) in [5, 5.41) is 9.00. The summed E-state index contributed by atoms with van der Waals surface area (Å²) in [6, 6.07) is 6.69.